The van der Waals surface area contributed by atoms with Gasteiger partial charge in [-0.1, -0.05) is 23.2 Å². The van der Waals surface area contributed by atoms with Crippen LogP contribution in [0.5, 0.6) is 5.75 Å². The quantitative estimate of drug-likeness (QED) is 0.677. The summed E-state index contributed by atoms with van der Waals surface area (Å²) in [5.74, 6) is -0.0956. The predicted molar refractivity (Wildman–Crippen MR) is 65.9 cm³/mol. The van der Waals surface area contributed by atoms with Gasteiger partial charge < -0.3 is 10.1 Å². The Morgan fingerprint density at radius 3 is 2.82 bits per heavy atom. The molecule has 0 radical (unpaired) electrons. The van der Waals surface area contributed by atoms with Crippen molar-refractivity contribution in [1.82, 2.24) is 0 Å². The van der Waals surface area contributed by atoms with Crippen LogP contribution in [0.1, 0.15) is 6.92 Å². The maximum absolute atomic E-state index is 11.5. The molecule has 0 fully saturated rings. The first-order valence-corrected chi connectivity index (χ1v) is 5.33. The van der Waals surface area contributed by atoms with Gasteiger partial charge in [0.15, 0.2) is 5.75 Å². The third-order valence-corrected chi connectivity index (χ3v) is 2.49. The van der Waals surface area contributed by atoms with Gasteiger partial charge in [-0.15, -0.1) is 5.26 Å². The highest BCUT2D eigenvalue weighted by Gasteiger charge is 2.07. The molecule has 0 aliphatic rings. The molecule has 4 nitrogen and oxygen atoms in total. The summed E-state index contributed by atoms with van der Waals surface area (Å²) in [6.45, 7) is 1.58. The standard InChI is InChI=1S/C11H8Cl2N2O2/c1-7(5-12)11(16)15-8-2-3-10(17-6-14)9(13)4-8/h2-5H,1H3,(H,15,16). The molecule has 0 aliphatic heterocycles. The Labute approximate surface area is 108 Å². The summed E-state index contributed by atoms with van der Waals surface area (Å²) in [6.07, 6.45) is 1.51. The van der Waals surface area contributed by atoms with Crippen LogP contribution in [0.25, 0.3) is 0 Å². The summed E-state index contributed by atoms with van der Waals surface area (Å²) in [5.41, 5.74) is 2.05. The highest BCUT2D eigenvalue weighted by Crippen LogP contribution is 2.27. The van der Waals surface area contributed by atoms with Crippen molar-refractivity contribution in [2.24, 2.45) is 0 Å². The van der Waals surface area contributed by atoms with Crippen LogP contribution < -0.4 is 10.1 Å². The summed E-state index contributed by atoms with van der Waals surface area (Å²) >= 11 is 11.2. The van der Waals surface area contributed by atoms with Crippen molar-refractivity contribution in [1.29, 1.82) is 5.26 Å². The summed E-state index contributed by atoms with van der Waals surface area (Å²) < 4.78 is 4.59. The number of anilines is 1. The number of benzene rings is 1. The maximum Gasteiger partial charge on any atom is 0.292 e. The van der Waals surface area contributed by atoms with E-state index in [9.17, 15) is 4.79 Å². The number of ether oxygens (including phenoxy) is 1. The van der Waals surface area contributed by atoms with Crippen LogP contribution in [0.15, 0.2) is 29.3 Å². The molecule has 0 saturated carbocycles. The van der Waals surface area contributed by atoms with Crippen LogP contribution in [0, 0.1) is 11.5 Å². The molecule has 0 unspecified atom stereocenters. The fourth-order valence-corrected chi connectivity index (χ4v) is 1.31. The SMILES string of the molecule is CC(=CCl)C(=O)Nc1ccc(OC#N)c(Cl)c1. The molecular weight excluding hydrogens is 263 g/mol. The number of nitriles is 1. The summed E-state index contributed by atoms with van der Waals surface area (Å²) in [4.78, 5) is 11.5. The van der Waals surface area contributed by atoms with Crippen LogP contribution >= 0.6 is 23.2 Å². The highest BCUT2D eigenvalue weighted by molar-refractivity contribution is 6.32. The second kappa shape index (κ2) is 6.14. The van der Waals surface area contributed by atoms with Crippen LogP contribution in [-0.4, -0.2) is 5.91 Å². The normalized spacial score (nSPS) is 10.6. The van der Waals surface area contributed by atoms with Gasteiger partial charge in [-0.3, -0.25) is 4.79 Å². The average Bonchev–Trinajstić information content (AvgIpc) is 2.31. The van der Waals surface area contributed by atoms with Crippen LogP contribution in [0.2, 0.25) is 5.02 Å². The number of carbonyl (C=O) groups excluding carboxylic acids is 1. The topological polar surface area (TPSA) is 62.1 Å². The molecule has 6 heteroatoms. The fraction of sp³-hybridized carbons (Fsp3) is 0.0909. The van der Waals surface area contributed by atoms with E-state index in [2.05, 4.69) is 10.1 Å². The van der Waals surface area contributed by atoms with Gasteiger partial charge in [0.2, 0.25) is 0 Å². The van der Waals surface area contributed by atoms with Gasteiger partial charge in [-0.2, -0.15) is 0 Å². The van der Waals surface area contributed by atoms with Gasteiger partial charge in [0.05, 0.1) is 5.02 Å². The molecule has 1 rings (SSSR count). The van der Waals surface area contributed by atoms with Crippen molar-refractivity contribution in [3.8, 4) is 12.0 Å². The third kappa shape index (κ3) is 3.66. The average molecular weight is 271 g/mol. The zero-order valence-electron chi connectivity index (χ0n) is 8.83. The Kier molecular flexibility index (Phi) is 4.83. The van der Waals surface area contributed by atoms with E-state index in [1.165, 1.54) is 23.9 Å². The molecule has 0 bridgehead atoms. The lowest BCUT2D eigenvalue weighted by molar-refractivity contribution is -0.112. The summed E-state index contributed by atoms with van der Waals surface area (Å²) in [6, 6.07) is 4.53. The van der Waals surface area contributed by atoms with Crippen molar-refractivity contribution < 1.29 is 9.53 Å². The summed E-state index contributed by atoms with van der Waals surface area (Å²) in [7, 11) is 0. The zero-order valence-corrected chi connectivity index (χ0v) is 10.3. The highest BCUT2D eigenvalue weighted by atomic mass is 35.5. The van der Waals surface area contributed by atoms with Crippen molar-refractivity contribution in [3.05, 3.63) is 34.3 Å². The number of nitrogens with one attached hydrogen (secondary N) is 1. The van der Waals surface area contributed by atoms with Gasteiger partial charge in [-0.25, -0.2) is 0 Å². The molecule has 0 aliphatic carbocycles. The van der Waals surface area contributed by atoms with E-state index >= 15 is 0 Å². The Balaban J connectivity index is 2.85. The van der Waals surface area contributed by atoms with E-state index in [0.29, 0.717) is 11.3 Å². The summed E-state index contributed by atoms with van der Waals surface area (Å²) in [5, 5.41) is 11.2. The molecule has 0 aromatic heterocycles. The Morgan fingerprint density at radius 1 is 1.59 bits per heavy atom. The van der Waals surface area contributed by atoms with Crippen molar-refractivity contribution >= 4 is 34.8 Å². The number of hydrogen-bond acceptors (Lipinski definition) is 3. The minimum atomic E-state index is -0.329. The smallest absolute Gasteiger partial charge is 0.292 e. The fourth-order valence-electron chi connectivity index (χ4n) is 0.990. The molecule has 1 amide bonds. The lowest BCUT2D eigenvalue weighted by Gasteiger charge is -2.06. The minimum absolute atomic E-state index is 0.233. The Hall–Kier alpha value is -1.70. The van der Waals surface area contributed by atoms with Crippen LogP contribution in [0.3, 0.4) is 0 Å². The van der Waals surface area contributed by atoms with Gasteiger partial charge in [-0.05, 0) is 25.1 Å². The monoisotopic (exact) mass is 270 g/mol. The lowest BCUT2D eigenvalue weighted by atomic mass is 10.2. The van der Waals surface area contributed by atoms with E-state index < -0.39 is 0 Å². The predicted octanol–water partition coefficient (Wildman–Crippen LogP) is 3.28. The number of rotatable bonds is 3. The second-order valence-corrected chi connectivity index (χ2v) is 3.71. The first kappa shape index (κ1) is 13.4. The molecule has 1 aromatic rings. The Morgan fingerprint density at radius 2 is 2.29 bits per heavy atom. The largest absolute Gasteiger partial charge is 0.386 e. The van der Waals surface area contributed by atoms with Gasteiger partial charge in [0.1, 0.15) is 0 Å². The van der Waals surface area contributed by atoms with Gasteiger partial charge >= 0.3 is 0 Å². The van der Waals surface area contributed by atoms with E-state index in [1.54, 1.807) is 13.0 Å². The van der Waals surface area contributed by atoms with Crippen LogP contribution in [-0.2, 0) is 4.79 Å². The zero-order chi connectivity index (χ0) is 12.8. The first-order valence-electron chi connectivity index (χ1n) is 4.52. The van der Waals surface area contributed by atoms with Crippen molar-refractivity contribution in [2.45, 2.75) is 6.92 Å². The van der Waals surface area contributed by atoms with Crippen molar-refractivity contribution in [2.75, 3.05) is 5.32 Å². The number of hydrogen-bond donors (Lipinski definition) is 1. The van der Waals surface area contributed by atoms with Gasteiger partial charge in [0, 0.05) is 16.8 Å². The molecule has 0 spiro atoms. The second-order valence-electron chi connectivity index (χ2n) is 3.08. The van der Waals surface area contributed by atoms with E-state index in [1.807, 2.05) is 0 Å². The third-order valence-electron chi connectivity index (χ3n) is 1.87. The molecular formula is C11H8Cl2N2O2. The molecule has 0 saturated heterocycles. The molecule has 17 heavy (non-hydrogen) atoms. The van der Waals surface area contributed by atoms with Crippen molar-refractivity contribution in [3.63, 3.8) is 0 Å². The molecule has 0 atom stereocenters. The van der Waals surface area contributed by atoms with Crippen LogP contribution in [0.4, 0.5) is 5.69 Å². The molecule has 1 aromatic carbocycles. The van der Waals surface area contributed by atoms with E-state index in [0.717, 1.165) is 0 Å². The number of amides is 1. The number of nitrogens with zero attached hydrogens (tertiary/aromatic N) is 1. The molecule has 0 heterocycles. The minimum Gasteiger partial charge on any atom is -0.386 e. The van der Waals surface area contributed by atoms with E-state index in [4.69, 9.17) is 28.5 Å². The molecule has 1 N–H and O–H groups in total. The maximum atomic E-state index is 11.5. The lowest BCUT2D eigenvalue weighted by Crippen LogP contribution is -2.12. The molecule has 88 valence electrons. The first-order chi connectivity index (χ1) is 8.08. The van der Waals surface area contributed by atoms with Gasteiger partial charge in [0.25, 0.3) is 12.2 Å². The Bertz CT molecular complexity index is 507. The van der Waals surface area contributed by atoms with E-state index in [-0.39, 0.29) is 16.7 Å². The number of carbonyl (C=O) groups is 1. The number of halogens is 2.